The van der Waals surface area contributed by atoms with Crippen molar-refractivity contribution in [2.45, 2.75) is 135 Å². The minimum Gasteiger partial charge on any atom is -0.379 e. The molecule has 4 amide bonds. The predicted octanol–water partition coefficient (Wildman–Crippen LogP) is 2.45. The van der Waals surface area contributed by atoms with Crippen LogP contribution in [-0.2, 0) is 28.7 Å². The third-order valence-corrected chi connectivity index (χ3v) is 10.5. The molecule has 1 saturated heterocycles. The maximum atomic E-state index is 13.9. The standard InChI is InChI=1S/C33H59N5O6/c1-11-20(4)27(37(8)30(41)26(19(2)3)35-31(42)32(6,7)34)24(43-9)15-25(39)38-14-12-13-23(38)28(44-10)21(5)29(40)36-33-16-22(17-33)18-33/h19-24,26-28H,11-18,34H2,1-10H3,(H,35,42)(H,36,40)/t20-,21+,22?,23-,24+,26-,27-,28+,33?/m0/s1. The number of ether oxygens (including phenoxy) is 2. The lowest BCUT2D eigenvalue weighted by Gasteiger charge is -2.62. The smallest absolute Gasteiger partial charge is 0.245 e. The molecule has 2 bridgehead atoms. The van der Waals surface area contributed by atoms with E-state index >= 15 is 0 Å². The van der Waals surface area contributed by atoms with Crippen molar-refractivity contribution < 1.29 is 28.7 Å². The molecule has 4 N–H and O–H groups in total. The number of hydrogen-bond donors (Lipinski definition) is 3. The fourth-order valence-corrected chi connectivity index (χ4v) is 7.37. The summed E-state index contributed by atoms with van der Waals surface area (Å²) in [4.78, 5) is 57.3. The predicted molar refractivity (Wildman–Crippen MR) is 169 cm³/mol. The number of amides is 4. The third kappa shape index (κ3) is 7.76. The molecule has 252 valence electrons. The first-order valence-electron chi connectivity index (χ1n) is 16.5. The van der Waals surface area contributed by atoms with Gasteiger partial charge in [-0.3, -0.25) is 19.2 Å². The quantitative estimate of drug-likeness (QED) is 0.240. The molecule has 1 aliphatic heterocycles. The van der Waals surface area contributed by atoms with Crippen LogP contribution in [0.5, 0.6) is 0 Å². The summed E-state index contributed by atoms with van der Waals surface area (Å²) in [7, 11) is 4.90. The van der Waals surface area contributed by atoms with Crippen LogP contribution in [0.4, 0.5) is 0 Å². The summed E-state index contributed by atoms with van der Waals surface area (Å²) in [6, 6.07) is -1.42. The van der Waals surface area contributed by atoms with Gasteiger partial charge in [0.15, 0.2) is 0 Å². The summed E-state index contributed by atoms with van der Waals surface area (Å²) in [5.74, 6) is -0.548. The Bertz CT molecular complexity index is 1030. The van der Waals surface area contributed by atoms with E-state index in [1.807, 2.05) is 39.5 Å². The zero-order valence-corrected chi connectivity index (χ0v) is 28.8. The van der Waals surface area contributed by atoms with Crippen LogP contribution in [0.1, 0.15) is 93.4 Å². The van der Waals surface area contributed by atoms with Gasteiger partial charge in [-0.1, -0.05) is 41.0 Å². The van der Waals surface area contributed by atoms with Gasteiger partial charge in [-0.15, -0.1) is 0 Å². The van der Waals surface area contributed by atoms with Gasteiger partial charge in [0.25, 0.3) is 0 Å². The molecule has 4 aliphatic rings. The lowest BCUT2D eigenvalue weighted by atomic mass is 9.50. The molecule has 1 heterocycles. The molecule has 3 saturated carbocycles. The van der Waals surface area contributed by atoms with E-state index < -0.39 is 41.7 Å². The summed E-state index contributed by atoms with van der Waals surface area (Å²) in [6.45, 7) is 13.5. The molecule has 0 radical (unpaired) electrons. The van der Waals surface area contributed by atoms with Crippen LogP contribution in [0.2, 0.25) is 0 Å². The molecule has 0 aromatic heterocycles. The van der Waals surface area contributed by atoms with Gasteiger partial charge < -0.3 is 35.6 Å². The monoisotopic (exact) mass is 621 g/mol. The van der Waals surface area contributed by atoms with E-state index in [9.17, 15) is 19.2 Å². The minimum atomic E-state index is -1.13. The number of nitrogens with one attached hydrogen (secondary N) is 2. The van der Waals surface area contributed by atoms with Gasteiger partial charge in [0.1, 0.15) is 6.04 Å². The van der Waals surface area contributed by atoms with Crippen molar-refractivity contribution in [1.29, 1.82) is 0 Å². The number of rotatable bonds is 16. The number of nitrogens with two attached hydrogens (primary N) is 1. The Morgan fingerprint density at radius 2 is 1.68 bits per heavy atom. The van der Waals surface area contributed by atoms with E-state index in [0.29, 0.717) is 6.54 Å². The third-order valence-electron chi connectivity index (χ3n) is 10.5. The lowest BCUT2D eigenvalue weighted by Crippen LogP contribution is -2.69. The summed E-state index contributed by atoms with van der Waals surface area (Å²) >= 11 is 0. The van der Waals surface area contributed by atoms with Crippen LogP contribution in [0.15, 0.2) is 0 Å². The highest BCUT2D eigenvalue weighted by Gasteiger charge is 2.58. The number of hydrogen-bond acceptors (Lipinski definition) is 7. The van der Waals surface area contributed by atoms with Gasteiger partial charge in [0.05, 0.1) is 42.2 Å². The van der Waals surface area contributed by atoms with Gasteiger partial charge in [0.2, 0.25) is 23.6 Å². The molecule has 4 fully saturated rings. The van der Waals surface area contributed by atoms with Crippen LogP contribution < -0.4 is 16.4 Å². The average Bonchev–Trinajstić information content (AvgIpc) is 3.40. The second-order valence-electron chi connectivity index (χ2n) is 14.8. The molecular formula is C33H59N5O6. The zero-order valence-electron chi connectivity index (χ0n) is 28.8. The van der Waals surface area contributed by atoms with Gasteiger partial charge in [-0.25, -0.2) is 0 Å². The van der Waals surface area contributed by atoms with Crippen molar-refractivity contribution in [2.75, 3.05) is 27.8 Å². The number of likely N-dealkylation sites (tertiary alicyclic amines) is 1. The van der Waals surface area contributed by atoms with E-state index in [0.717, 1.165) is 44.4 Å². The molecule has 11 heteroatoms. The normalized spacial score (nSPS) is 26.9. The summed E-state index contributed by atoms with van der Waals surface area (Å²) in [5, 5.41) is 6.10. The van der Waals surface area contributed by atoms with Crippen LogP contribution >= 0.6 is 0 Å². The molecule has 0 aromatic carbocycles. The first-order chi connectivity index (χ1) is 20.5. The number of carbonyl (C=O) groups excluding carboxylic acids is 4. The zero-order chi connectivity index (χ0) is 33.1. The first kappa shape index (κ1) is 36.2. The average molecular weight is 622 g/mol. The maximum Gasteiger partial charge on any atom is 0.245 e. The Morgan fingerprint density at radius 3 is 2.14 bits per heavy atom. The second-order valence-corrected chi connectivity index (χ2v) is 14.8. The van der Waals surface area contributed by atoms with E-state index in [1.165, 1.54) is 0 Å². The Balaban J connectivity index is 1.75. The summed E-state index contributed by atoms with van der Waals surface area (Å²) in [6.07, 6.45) is 4.63. The van der Waals surface area contributed by atoms with Crippen molar-refractivity contribution in [3.63, 3.8) is 0 Å². The number of methoxy groups -OCH3 is 2. The molecule has 0 spiro atoms. The largest absolute Gasteiger partial charge is 0.379 e. The number of carbonyl (C=O) groups is 4. The molecule has 3 aliphatic carbocycles. The highest BCUT2D eigenvalue weighted by atomic mass is 16.5. The van der Waals surface area contributed by atoms with E-state index in [1.54, 1.807) is 40.0 Å². The maximum absolute atomic E-state index is 13.9. The fourth-order valence-electron chi connectivity index (χ4n) is 7.37. The topological polar surface area (TPSA) is 143 Å². The van der Waals surface area contributed by atoms with Crippen molar-refractivity contribution >= 4 is 23.6 Å². The van der Waals surface area contributed by atoms with Gasteiger partial charge in [-0.2, -0.15) is 0 Å². The van der Waals surface area contributed by atoms with Crippen molar-refractivity contribution in [1.82, 2.24) is 20.4 Å². The van der Waals surface area contributed by atoms with Crippen LogP contribution in [0.3, 0.4) is 0 Å². The minimum absolute atomic E-state index is 0.00846. The molecule has 7 atom stereocenters. The Labute approximate surface area is 264 Å². The van der Waals surface area contributed by atoms with E-state index in [-0.39, 0.29) is 47.6 Å². The SMILES string of the molecule is CC[C@H](C)[C@@H]([C@@H](CC(=O)N1CCC[C@H]1[C@H](OC)[C@@H](C)C(=O)NC12CC(C1)C2)OC)N(C)C(=O)[C@@H](NC(=O)C(C)(C)N)C(C)C. The summed E-state index contributed by atoms with van der Waals surface area (Å²) in [5.41, 5.74) is 4.85. The van der Waals surface area contributed by atoms with Crippen molar-refractivity contribution in [2.24, 2.45) is 29.4 Å². The van der Waals surface area contributed by atoms with Gasteiger partial charge in [-0.05, 0) is 63.7 Å². The van der Waals surface area contributed by atoms with Crippen molar-refractivity contribution in [3.8, 4) is 0 Å². The number of likely N-dealkylation sites (N-methyl/N-ethyl adjacent to an activating group) is 1. The van der Waals surface area contributed by atoms with Gasteiger partial charge >= 0.3 is 0 Å². The molecule has 4 rings (SSSR count). The van der Waals surface area contributed by atoms with Crippen LogP contribution in [0, 0.1) is 23.7 Å². The first-order valence-corrected chi connectivity index (χ1v) is 16.5. The van der Waals surface area contributed by atoms with E-state index in [2.05, 4.69) is 10.6 Å². The van der Waals surface area contributed by atoms with Gasteiger partial charge in [0, 0.05) is 33.4 Å². The highest BCUT2D eigenvalue weighted by Crippen LogP contribution is 2.57. The van der Waals surface area contributed by atoms with Crippen molar-refractivity contribution in [3.05, 3.63) is 0 Å². The number of nitrogens with zero attached hydrogens (tertiary/aromatic N) is 2. The molecule has 0 aromatic rings. The second kappa shape index (κ2) is 14.5. The molecular weight excluding hydrogens is 562 g/mol. The van der Waals surface area contributed by atoms with Crippen LogP contribution in [-0.4, -0.2) is 103 Å². The van der Waals surface area contributed by atoms with Crippen LogP contribution in [0.25, 0.3) is 0 Å². The highest BCUT2D eigenvalue weighted by molar-refractivity contribution is 5.91. The lowest BCUT2D eigenvalue weighted by molar-refractivity contribution is -0.149. The molecule has 0 unspecified atom stereocenters. The Morgan fingerprint density at radius 1 is 1.07 bits per heavy atom. The van der Waals surface area contributed by atoms with E-state index in [4.69, 9.17) is 15.2 Å². The Hall–Kier alpha value is -2.24. The summed E-state index contributed by atoms with van der Waals surface area (Å²) < 4.78 is 11.9. The Kier molecular flexibility index (Phi) is 11.9. The molecule has 11 nitrogen and oxygen atoms in total. The molecule has 44 heavy (non-hydrogen) atoms. The fraction of sp³-hybridized carbons (Fsp3) is 0.879.